The van der Waals surface area contributed by atoms with Crippen molar-refractivity contribution in [3.8, 4) is 0 Å². The Morgan fingerprint density at radius 3 is 3.00 bits per heavy atom. The van der Waals surface area contributed by atoms with Crippen LogP contribution in [0.25, 0.3) is 10.1 Å². The second-order valence-corrected chi connectivity index (χ2v) is 5.05. The summed E-state index contributed by atoms with van der Waals surface area (Å²) in [6.45, 7) is 1.89. The molecule has 0 aliphatic heterocycles. The fourth-order valence-corrected chi connectivity index (χ4v) is 2.46. The van der Waals surface area contributed by atoms with Gasteiger partial charge >= 0.3 is 0 Å². The molecule has 4 nitrogen and oxygen atoms in total. The Hall–Kier alpha value is -1.59. The molecule has 0 aliphatic rings. The van der Waals surface area contributed by atoms with Crippen molar-refractivity contribution in [1.29, 1.82) is 0 Å². The Morgan fingerprint density at radius 2 is 2.29 bits per heavy atom. The fourth-order valence-electron chi connectivity index (χ4n) is 1.50. The summed E-state index contributed by atoms with van der Waals surface area (Å²) in [5.41, 5.74) is 6.36. The molecule has 0 fully saturated rings. The first-order valence-corrected chi connectivity index (χ1v) is 6.13. The molecular weight excluding hydrogens is 236 g/mol. The Labute approximate surface area is 103 Å². The average Bonchev–Trinajstić information content (AvgIpc) is 2.68. The van der Waals surface area contributed by atoms with Gasteiger partial charge in [-0.15, -0.1) is 11.3 Å². The minimum absolute atomic E-state index is 0.161. The van der Waals surface area contributed by atoms with Gasteiger partial charge in [-0.05, 0) is 36.6 Å². The third-order valence-corrected chi connectivity index (χ3v) is 3.44. The molecule has 0 bridgehead atoms. The van der Waals surface area contributed by atoms with Gasteiger partial charge in [-0.1, -0.05) is 0 Å². The van der Waals surface area contributed by atoms with Gasteiger partial charge in [0.2, 0.25) is 0 Å². The monoisotopic (exact) mass is 250 g/mol. The second-order valence-electron chi connectivity index (χ2n) is 3.97. The molecule has 0 saturated carbocycles. The number of amides is 1. The Kier molecular flexibility index (Phi) is 3.31. The summed E-state index contributed by atoms with van der Waals surface area (Å²) in [6, 6.07) is 7.38. The molecule has 1 amide bonds. The van der Waals surface area contributed by atoms with Crippen LogP contribution in [0, 0.1) is 0 Å². The molecule has 4 N–H and O–H groups in total. The van der Waals surface area contributed by atoms with E-state index in [2.05, 4.69) is 5.32 Å². The van der Waals surface area contributed by atoms with E-state index in [1.54, 1.807) is 6.92 Å². The summed E-state index contributed by atoms with van der Waals surface area (Å²) in [5.74, 6) is -0.161. The zero-order valence-electron chi connectivity index (χ0n) is 9.43. The van der Waals surface area contributed by atoms with Crippen LogP contribution in [0.2, 0.25) is 0 Å². The van der Waals surface area contributed by atoms with E-state index in [1.807, 2.05) is 24.3 Å². The normalized spacial score (nSPS) is 12.6. The van der Waals surface area contributed by atoms with Gasteiger partial charge in [0, 0.05) is 16.9 Å². The number of carbonyl (C=O) groups is 1. The standard InChI is InChI=1S/C12H14N2O2S/c1-7(15)6-14-12(16)11-5-8-4-9(13)2-3-10(8)17-11/h2-5,7,15H,6,13H2,1H3,(H,14,16). The summed E-state index contributed by atoms with van der Waals surface area (Å²) in [5, 5.41) is 12.7. The maximum absolute atomic E-state index is 11.8. The lowest BCUT2D eigenvalue weighted by Crippen LogP contribution is -2.29. The number of benzene rings is 1. The molecule has 0 spiro atoms. The predicted molar refractivity (Wildman–Crippen MR) is 70.3 cm³/mol. The first-order valence-electron chi connectivity index (χ1n) is 5.31. The molecule has 1 atom stereocenters. The van der Waals surface area contributed by atoms with E-state index in [9.17, 15) is 4.79 Å². The molecule has 1 aromatic heterocycles. The van der Waals surface area contributed by atoms with Crippen molar-refractivity contribution in [3.05, 3.63) is 29.1 Å². The number of anilines is 1. The number of nitrogens with one attached hydrogen (secondary N) is 1. The number of hydrogen-bond acceptors (Lipinski definition) is 4. The van der Waals surface area contributed by atoms with Crippen molar-refractivity contribution < 1.29 is 9.90 Å². The molecule has 17 heavy (non-hydrogen) atoms. The zero-order valence-corrected chi connectivity index (χ0v) is 10.3. The summed E-state index contributed by atoms with van der Waals surface area (Å²) >= 11 is 1.42. The number of nitrogen functional groups attached to an aromatic ring is 1. The lowest BCUT2D eigenvalue weighted by atomic mass is 10.2. The minimum Gasteiger partial charge on any atom is -0.399 e. The van der Waals surface area contributed by atoms with E-state index in [-0.39, 0.29) is 12.5 Å². The molecule has 1 aromatic carbocycles. The molecule has 0 aliphatic carbocycles. The molecule has 0 saturated heterocycles. The SMILES string of the molecule is CC(O)CNC(=O)c1cc2cc(N)ccc2s1. The van der Waals surface area contributed by atoms with E-state index in [4.69, 9.17) is 10.8 Å². The van der Waals surface area contributed by atoms with Crippen LogP contribution in [-0.2, 0) is 0 Å². The number of thiophene rings is 1. The largest absolute Gasteiger partial charge is 0.399 e. The summed E-state index contributed by atoms with van der Waals surface area (Å²) in [6.07, 6.45) is -0.538. The molecule has 1 unspecified atom stereocenters. The van der Waals surface area contributed by atoms with E-state index >= 15 is 0 Å². The maximum Gasteiger partial charge on any atom is 0.261 e. The van der Waals surface area contributed by atoms with Crippen molar-refractivity contribution >= 4 is 33.0 Å². The molecule has 90 valence electrons. The number of hydrogen-bond donors (Lipinski definition) is 3. The van der Waals surface area contributed by atoms with E-state index in [0.717, 1.165) is 10.1 Å². The molecular formula is C12H14N2O2S. The van der Waals surface area contributed by atoms with Crippen molar-refractivity contribution in [3.63, 3.8) is 0 Å². The first kappa shape index (κ1) is 11.9. The van der Waals surface area contributed by atoms with Crippen LogP contribution in [0.5, 0.6) is 0 Å². The van der Waals surface area contributed by atoms with Crippen molar-refractivity contribution in [2.24, 2.45) is 0 Å². The Bertz CT molecular complexity index is 548. The minimum atomic E-state index is -0.538. The Morgan fingerprint density at radius 1 is 1.53 bits per heavy atom. The van der Waals surface area contributed by atoms with Crippen LogP contribution >= 0.6 is 11.3 Å². The quantitative estimate of drug-likeness (QED) is 0.724. The van der Waals surface area contributed by atoms with Crippen LogP contribution in [0.15, 0.2) is 24.3 Å². The first-order chi connectivity index (χ1) is 8.06. The molecule has 0 radical (unpaired) electrons. The van der Waals surface area contributed by atoms with E-state index in [1.165, 1.54) is 11.3 Å². The summed E-state index contributed by atoms with van der Waals surface area (Å²) in [7, 11) is 0. The predicted octanol–water partition coefficient (Wildman–Crippen LogP) is 1.59. The van der Waals surface area contributed by atoms with Crippen LogP contribution in [-0.4, -0.2) is 23.7 Å². The molecule has 2 aromatic rings. The van der Waals surface area contributed by atoms with Gasteiger partial charge < -0.3 is 16.2 Å². The van der Waals surface area contributed by atoms with Gasteiger partial charge in [0.15, 0.2) is 0 Å². The second kappa shape index (κ2) is 4.73. The van der Waals surface area contributed by atoms with Crippen molar-refractivity contribution in [1.82, 2.24) is 5.32 Å². The highest BCUT2D eigenvalue weighted by atomic mass is 32.1. The van der Waals surface area contributed by atoms with Gasteiger partial charge in [-0.25, -0.2) is 0 Å². The number of nitrogens with two attached hydrogens (primary N) is 1. The third kappa shape index (κ3) is 2.75. The van der Waals surface area contributed by atoms with E-state index in [0.29, 0.717) is 10.6 Å². The van der Waals surface area contributed by atoms with Gasteiger partial charge in [0.05, 0.1) is 11.0 Å². The summed E-state index contributed by atoms with van der Waals surface area (Å²) < 4.78 is 1.03. The van der Waals surface area contributed by atoms with Gasteiger partial charge in [-0.3, -0.25) is 4.79 Å². The smallest absolute Gasteiger partial charge is 0.261 e. The lowest BCUT2D eigenvalue weighted by molar-refractivity contribution is 0.0928. The number of aliphatic hydroxyl groups is 1. The fraction of sp³-hybridized carbons (Fsp3) is 0.250. The zero-order chi connectivity index (χ0) is 12.4. The molecule has 5 heteroatoms. The maximum atomic E-state index is 11.8. The lowest BCUT2D eigenvalue weighted by Gasteiger charge is -2.04. The number of fused-ring (bicyclic) bond motifs is 1. The van der Waals surface area contributed by atoms with E-state index < -0.39 is 6.10 Å². The van der Waals surface area contributed by atoms with Gasteiger partial charge in [0.1, 0.15) is 0 Å². The van der Waals surface area contributed by atoms with Crippen LogP contribution in [0.4, 0.5) is 5.69 Å². The number of rotatable bonds is 3. The van der Waals surface area contributed by atoms with Gasteiger partial charge in [0.25, 0.3) is 5.91 Å². The van der Waals surface area contributed by atoms with Crippen molar-refractivity contribution in [2.45, 2.75) is 13.0 Å². The number of carbonyl (C=O) groups excluding carboxylic acids is 1. The highest BCUT2D eigenvalue weighted by Gasteiger charge is 2.10. The average molecular weight is 250 g/mol. The highest BCUT2D eigenvalue weighted by Crippen LogP contribution is 2.27. The third-order valence-electron chi connectivity index (χ3n) is 2.32. The molecule has 1 heterocycles. The topological polar surface area (TPSA) is 75.3 Å². The number of aliphatic hydroxyl groups excluding tert-OH is 1. The van der Waals surface area contributed by atoms with Crippen LogP contribution in [0.1, 0.15) is 16.6 Å². The van der Waals surface area contributed by atoms with Crippen LogP contribution in [0.3, 0.4) is 0 Å². The van der Waals surface area contributed by atoms with Crippen molar-refractivity contribution in [2.75, 3.05) is 12.3 Å². The Balaban J connectivity index is 2.21. The van der Waals surface area contributed by atoms with Gasteiger partial charge in [-0.2, -0.15) is 0 Å². The molecule has 2 rings (SSSR count). The summed E-state index contributed by atoms with van der Waals surface area (Å²) in [4.78, 5) is 12.4. The van der Waals surface area contributed by atoms with Crippen LogP contribution < -0.4 is 11.1 Å². The highest BCUT2D eigenvalue weighted by molar-refractivity contribution is 7.20.